The second-order valence-electron chi connectivity index (χ2n) is 2.93. The third-order valence-corrected chi connectivity index (χ3v) is 1.76. The Labute approximate surface area is 105 Å². The maximum absolute atomic E-state index is 11.6. The van der Waals surface area contributed by atoms with E-state index in [1.807, 2.05) is 0 Å². The summed E-state index contributed by atoms with van der Waals surface area (Å²) in [6, 6.07) is -6.25. The number of aromatic hydroxyl groups is 2. The van der Waals surface area contributed by atoms with Gasteiger partial charge in [-0.25, -0.2) is 0 Å². The van der Waals surface area contributed by atoms with E-state index >= 15 is 0 Å². The van der Waals surface area contributed by atoms with E-state index < -0.39 is 53.3 Å². The van der Waals surface area contributed by atoms with Crippen LogP contribution in [-0.2, 0) is 9.53 Å². The molecule has 0 aliphatic heterocycles. The molecule has 17 heavy (non-hydrogen) atoms. The molecule has 0 aliphatic carbocycles. The predicted molar refractivity (Wildman–Crippen MR) is 59.3 cm³/mol. The van der Waals surface area contributed by atoms with Crippen LogP contribution in [0.3, 0.4) is 0 Å². The van der Waals surface area contributed by atoms with Crippen molar-refractivity contribution in [1.29, 1.82) is 0 Å². The van der Waals surface area contributed by atoms with Crippen LogP contribution in [0.15, 0.2) is 18.1 Å². The molecule has 0 fully saturated rings. The zero-order valence-corrected chi connectivity index (χ0v) is 8.94. The van der Waals surface area contributed by atoms with E-state index in [1.54, 1.807) is 0 Å². The Morgan fingerprint density at radius 1 is 1.59 bits per heavy atom. The maximum atomic E-state index is 11.6. The molecule has 1 rings (SSSR count). The fourth-order valence-electron chi connectivity index (χ4n) is 0.948. The number of phenolic OH excluding ortho intramolecular Hbond substituents is 2. The summed E-state index contributed by atoms with van der Waals surface area (Å²) in [6.07, 6.45) is -3.38. The molecule has 6 heteroatoms. The van der Waals surface area contributed by atoms with Gasteiger partial charge >= 0.3 is 5.97 Å². The lowest BCUT2D eigenvalue weighted by molar-refractivity contribution is -0.147. The number of ether oxygens (including phenoxy) is 1. The molecule has 0 saturated heterocycles. The highest BCUT2D eigenvalue weighted by Crippen LogP contribution is 2.28. The highest BCUT2D eigenvalue weighted by molar-refractivity contribution is 5.76. The fourth-order valence-corrected chi connectivity index (χ4v) is 0.948. The van der Waals surface area contributed by atoms with Crippen molar-refractivity contribution in [2.45, 2.75) is 19.0 Å². The molecule has 6 nitrogen and oxygen atoms in total. The summed E-state index contributed by atoms with van der Waals surface area (Å²) in [5.74, 6) is -3.77. The molecule has 0 amide bonds. The monoisotopic (exact) mass is 246 g/mol. The number of hydrogen-bond donors (Lipinski definition) is 4. The number of carbonyl (C=O) groups is 1. The molecule has 0 radical (unpaired) electrons. The van der Waals surface area contributed by atoms with Crippen molar-refractivity contribution in [3.05, 3.63) is 23.7 Å². The highest BCUT2D eigenvalue weighted by Gasteiger charge is 2.25. The molecule has 1 aromatic carbocycles. The van der Waals surface area contributed by atoms with Gasteiger partial charge in [-0.15, -0.1) is 0 Å². The second kappa shape index (κ2) is 5.51. The van der Waals surface area contributed by atoms with Crippen LogP contribution in [0.2, 0.25) is 0 Å². The lowest BCUT2D eigenvalue weighted by Crippen LogP contribution is -2.38. The van der Waals surface area contributed by atoms with Crippen molar-refractivity contribution >= 4 is 5.97 Å². The Balaban J connectivity index is 3.63. The number of phenols is 2. The van der Waals surface area contributed by atoms with E-state index in [0.717, 1.165) is 0 Å². The molecule has 0 spiro atoms. The number of esters is 1. The van der Waals surface area contributed by atoms with Crippen LogP contribution in [0.25, 0.3) is 0 Å². The van der Waals surface area contributed by atoms with Crippen molar-refractivity contribution < 1.29 is 31.7 Å². The summed E-state index contributed by atoms with van der Waals surface area (Å²) in [5, 5.41) is 29.0. The predicted octanol–water partition coefficient (Wildman–Crippen LogP) is 0.0216. The van der Waals surface area contributed by atoms with Gasteiger partial charge in [-0.05, 0) is 24.6 Å². The first kappa shape index (κ1) is 7.52. The number of rotatable bonds is 4. The maximum Gasteiger partial charge on any atom is 0.325 e. The van der Waals surface area contributed by atoms with Crippen LogP contribution in [0.1, 0.15) is 25.4 Å². The van der Waals surface area contributed by atoms with Gasteiger partial charge < -0.3 is 25.8 Å². The summed E-state index contributed by atoms with van der Waals surface area (Å²) in [6.45, 7) is 1.20. The third kappa shape index (κ3) is 3.08. The van der Waals surface area contributed by atoms with Gasteiger partial charge in [0.1, 0.15) is 12.1 Å². The Bertz CT molecular complexity index is 590. The van der Waals surface area contributed by atoms with Crippen molar-refractivity contribution in [3.63, 3.8) is 0 Å². The molecule has 0 saturated carbocycles. The van der Waals surface area contributed by atoms with Gasteiger partial charge in [-0.3, -0.25) is 4.79 Å². The molecule has 94 valence electrons. The Hall–Kier alpha value is -1.79. The van der Waals surface area contributed by atoms with Gasteiger partial charge in [0.25, 0.3) is 0 Å². The zero-order chi connectivity index (χ0) is 17.5. The summed E-state index contributed by atoms with van der Waals surface area (Å²) in [4.78, 5) is 11.6. The van der Waals surface area contributed by atoms with Crippen LogP contribution in [0, 0.1) is 0 Å². The largest absolute Gasteiger partial charge is 0.504 e. The quantitative estimate of drug-likeness (QED) is 0.440. The van der Waals surface area contributed by atoms with E-state index in [4.69, 9.17) is 12.6 Å². The Morgan fingerprint density at radius 2 is 2.24 bits per heavy atom. The minimum absolute atomic E-state index is 0.196. The van der Waals surface area contributed by atoms with Crippen LogP contribution in [-0.4, -0.2) is 33.9 Å². The van der Waals surface area contributed by atoms with Crippen LogP contribution >= 0.6 is 0 Å². The SMILES string of the molecule is [2H]c1c([2H])c(C([2H])(O)C([2H])(N)C(=O)OCC)c([2H])c(O)c1O. The van der Waals surface area contributed by atoms with Gasteiger partial charge in [0, 0.05) is 0 Å². The van der Waals surface area contributed by atoms with Crippen LogP contribution < -0.4 is 5.73 Å². The molecule has 5 N–H and O–H groups in total. The average molecular weight is 246 g/mol. The van der Waals surface area contributed by atoms with Crippen LogP contribution in [0.5, 0.6) is 11.5 Å². The first-order chi connectivity index (χ1) is 9.91. The van der Waals surface area contributed by atoms with Gasteiger partial charge in [0.15, 0.2) is 11.5 Å². The van der Waals surface area contributed by atoms with Gasteiger partial charge in [0.2, 0.25) is 0 Å². The first-order valence-corrected chi connectivity index (χ1v) is 4.61. The normalized spacial score (nSPS) is 21.9. The van der Waals surface area contributed by atoms with E-state index in [1.165, 1.54) is 6.92 Å². The lowest BCUT2D eigenvalue weighted by atomic mass is 10.0. The molecule has 2 unspecified atom stereocenters. The minimum atomic E-state index is -3.38. The molecule has 0 heterocycles. The summed E-state index contributed by atoms with van der Waals surface area (Å²) < 4.78 is 42.4. The number of hydrogen-bond acceptors (Lipinski definition) is 6. The highest BCUT2D eigenvalue weighted by atomic mass is 16.5. The summed E-state index contributed by atoms with van der Waals surface area (Å²) >= 11 is 0. The first-order valence-electron chi connectivity index (χ1n) is 7.11. The minimum Gasteiger partial charge on any atom is -0.504 e. The number of aliphatic hydroxyl groups is 1. The number of benzene rings is 1. The fraction of sp³-hybridized carbons (Fsp3) is 0.364. The van der Waals surface area contributed by atoms with E-state index in [9.17, 15) is 20.1 Å². The van der Waals surface area contributed by atoms with E-state index in [2.05, 4.69) is 4.74 Å². The summed E-state index contributed by atoms with van der Waals surface area (Å²) in [5.41, 5.74) is 4.24. The average Bonchev–Trinajstić information content (AvgIpc) is 2.43. The second-order valence-corrected chi connectivity index (χ2v) is 2.93. The van der Waals surface area contributed by atoms with Gasteiger partial charge in [-0.2, -0.15) is 0 Å². The van der Waals surface area contributed by atoms with Gasteiger partial charge in [-0.1, -0.05) is 6.04 Å². The molecule has 0 bridgehead atoms. The number of carbonyl (C=O) groups excluding carboxylic acids is 1. The Morgan fingerprint density at radius 3 is 2.82 bits per heavy atom. The topological polar surface area (TPSA) is 113 Å². The van der Waals surface area contributed by atoms with Crippen molar-refractivity contribution in [3.8, 4) is 11.5 Å². The molecular formula is C11H15NO5. The van der Waals surface area contributed by atoms with Crippen molar-refractivity contribution in [2.24, 2.45) is 5.73 Å². The zero-order valence-electron chi connectivity index (χ0n) is 13.9. The Kier molecular flexibility index (Phi) is 2.44. The number of nitrogens with two attached hydrogens (primary N) is 1. The third-order valence-electron chi connectivity index (χ3n) is 1.76. The summed E-state index contributed by atoms with van der Waals surface area (Å²) in [7, 11) is 0. The van der Waals surface area contributed by atoms with E-state index in [-0.39, 0.29) is 6.61 Å². The lowest BCUT2D eigenvalue weighted by Gasteiger charge is -2.17. The smallest absolute Gasteiger partial charge is 0.325 e. The van der Waals surface area contributed by atoms with Crippen molar-refractivity contribution in [1.82, 2.24) is 0 Å². The van der Waals surface area contributed by atoms with Crippen molar-refractivity contribution in [2.75, 3.05) is 6.61 Å². The van der Waals surface area contributed by atoms with Gasteiger partial charge in [0.05, 0.1) is 13.5 Å². The standard InChI is InChI=1S/C11H15NO5/c1-2-17-11(16)9(12)10(15)6-3-4-7(13)8(14)5-6/h3-5,9-10,13-15H,2,12H2,1H3/i3D,4D,5D,9D,10D. The molecule has 0 aromatic heterocycles. The molecular weight excluding hydrogens is 226 g/mol. The molecule has 0 aliphatic rings. The molecule has 1 aromatic rings. The van der Waals surface area contributed by atoms with Crippen LogP contribution in [0.4, 0.5) is 0 Å². The van der Waals surface area contributed by atoms with E-state index in [0.29, 0.717) is 0 Å². The molecule has 2 atom stereocenters.